The van der Waals surface area contributed by atoms with E-state index in [0.717, 1.165) is 0 Å². The fourth-order valence-electron chi connectivity index (χ4n) is 2.95. The van der Waals surface area contributed by atoms with Crippen molar-refractivity contribution in [3.05, 3.63) is 33.4 Å². The Balaban J connectivity index is 2.14. The van der Waals surface area contributed by atoms with Crippen LogP contribution in [0.4, 0.5) is 0 Å². The molecule has 4 heteroatoms. The summed E-state index contributed by atoms with van der Waals surface area (Å²) < 4.78 is 0. The van der Waals surface area contributed by atoms with E-state index in [-0.39, 0.29) is 17.7 Å². The molecular formula is C17H24N2O2. The molecule has 2 amide bonds. The van der Waals surface area contributed by atoms with Gasteiger partial charge in [-0.3, -0.25) is 9.59 Å². The standard InChI is InChI=1S/C17H24N2O2/c1-9-10(2)12(4)15(13(5)11(9)3)8-19-17(21)14-6-16(20)18-7-14/h14H,6-8H2,1-5H3,(H,18,20)(H,19,21). The van der Waals surface area contributed by atoms with Crippen molar-refractivity contribution in [3.63, 3.8) is 0 Å². The number of carbonyl (C=O) groups excluding carboxylic acids is 2. The van der Waals surface area contributed by atoms with Crippen molar-refractivity contribution in [2.24, 2.45) is 5.92 Å². The Morgan fingerprint density at radius 2 is 1.57 bits per heavy atom. The summed E-state index contributed by atoms with van der Waals surface area (Å²) in [4.78, 5) is 23.3. The lowest BCUT2D eigenvalue weighted by atomic mass is 9.89. The highest BCUT2D eigenvalue weighted by molar-refractivity contribution is 5.89. The van der Waals surface area contributed by atoms with Gasteiger partial charge >= 0.3 is 0 Å². The highest BCUT2D eigenvalue weighted by atomic mass is 16.2. The predicted octanol–water partition coefficient (Wildman–Crippen LogP) is 1.98. The molecule has 1 aliphatic heterocycles. The summed E-state index contributed by atoms with van der Waals surface area (Å²) in [6.45, 7) is 11.6. The Morgan fingerprint density at radius 3 is 2.05 bits per heavy atom. The van der Waals surface area contributed by atoms with E-state index in [1.807, 2.05) is 0 Å². The molecular weight excluding hydrogens is 264 g/mol. The first-order valence-electron chi connectivity index (χ1n) is 7.43. The minimum Gasteiger partial charge on any atom is -0.355 e. The van der Waals surface area contributed by atoms with Gasteiger partial charge in [-0.2, -0.15) is 0 Å². The molecule has 1 fully saturated rings. The van der Waals surface area contributed by atoms with Crippen molar-refractivity contribution in [3.8, 4) is 0 Å². The number of nitrogens with one attached hydrogen (secondary N) is 2. The molecule has 1 aromatic carbocycles. The van der Waals surface area contributed by atoms with E-state index in [1.54, 1.807) is 0 Å². The molecule has 1 heterocycles. The number of benzene rings is 1. The van der Waals surface area contributed by atoms with Gasteiger partial charge in [-0.15, -0.1) is 0 Å². The first-order chi connectivity index (χ1) is 9.82. The lowest BCUT2D eigenvalue weighted by molar-refractivity contribution is -0.126. The number of hydrogen-bond donors (Lipinski definition) is 2. The summed E-state index contributed by atoms with van der Waals surface area (Å²) in [5.41, 5.74) is 7.60. The second kappa shape index (κ2) is 5.88. The van der Waals surface area contributed by atoms with Gasteiger partial charge in [-0.1, -0.05) is 0 Å². The van der Waals surface area contributed by atoms with Crippen LogP contribution in [0.3, 0.4) is 0 Å². The van der Waals surface area contributed by atoms with E-state index in [4.69, 9.17) is 0 Å². The highest BCUT2D eigenvalue weighted by Crippen LogP contribution is 2.26. The molecule has 1 saturated heterocycles. The third kappa shape index (κ3) is 2.94. The van der Waals surface area contributed by atoms with Gasteiger partial charge in [0.05, 0.1) is 5.92 Å². The SMILES string of the molecule is Cc1c(C)c(C)c(CNC(=O)C2CNC(=O)C2)c(C)c1C. The van der Waals surface area contributed by atoms with Crippen LogP contribution in [0.15, 0.2) is 0 Å². The lowest BCUT2D eigenvalue weighted by Gasteiger charge is -2.19. The van der Waals surface area contributed by atoms with Gasteiger partial charge < -0.3 is 10.6 Å². The van der Waals surface area contributed by atoms with Crippen molar-refractivity contribution in [2.75, 3.05) is 6.54 Å². The van der Waals surface area contributed by atoms with Crippen LogP contribution >= 0.6 is 0 Å². The molecule has 1 aliphatic rings. The van der Waals surface area contributed by atoms with Crippen molar-refractivity contribution in [2.45, 2.75) is 47.6 Å². The van der Waals surface area contributed by atoms with Gasteiger partial charge in [-0.05, 0) is 68.0 Å². The smallest absolute Gasteiger partial charge is 0.225 e. The molecule has 114 valence electrons. The van der Waals surface area contributed by atoms with E-state index in [2.05, 4.69) is 45.3 Å². The molecule has 1 atom stereocenters. The lowest BCUT2D eigenvalue weighted by Crippen LogP contribution is -2.32. The maximum absolute atomic E-state index is 12.1. The summed E-state index contributed by atoms with van der Waals surface area (Å²) in [5, 5.41) is 5.68. The van der Waals surface area contributed by atoms with Crippen LogP contribution in [0.1, 0.15) is 39.8 Å². The Hall–Kier alpha value is -1.84. The van der Waals surface area contributed by atoms with Crippen LogP contribution < -0.4 is 10.6 Å². The third-order valence-corrected chi connectivity index (χ3v) is 4.94. The number of amides is 2. The molecule has 2 N–H and O–H groups in total. The normalized spacial score (nSPS) is 17.8. The highest BCUT2D eigenvalue weighted by Gasteiger charge is 2.27. The molecule has 1 aromatic rings. The zero-order valence-corrected chi connectivity index (χ0v) is 13.5. The van der Waals surface area contributed by atoms with E-state index in [1.165, 1.54) is 33.4 Å². The molecule has 4 nitrogen and oxygen atoms in total. The summed E-state index contributed by atoms with van der Waals surface area (Å²) >= 11 is 0. The van der Waals surface area contributed by atoms with Crippen LogP contribution in [0, 0.1) is 40.5 Å². The Labute approximate surface area is 126 Å². The van der Waals surface area contributed by atoms with Crippen LogP contribution in [0.5, 0.6) is 0 Å². The van der Waals surface area contributed by atoms with Crippen molar-refractivity contribution < 1.29 is 9.59 Å². The van der Waals surface area contributed by atoms with Gasteiger partial charge in [0, 0.05) is 19.5 Å². The number of hydrogen-bond acceptors (Lipinski definition) is 2. The molecule has 0 spiro atoms. The van der Waals surface area contributed by atoms with E-state index in [9.17, 15) is 9.59 Å². The summed E-state index contributed by atoms with van der Waals surface area (Å²) in [7, 11) is 0. The van der Waals surface area contributed by atoms with Gasteiger partial charge in [0.15, 0.2) is 0 Å². The van der Waals surface area contributed by atoms with E-state index in [0.29, 0.717) is 19.5 Å². The molecule has 0 bridgehead atoms. The van der Waals surface area contributed by atoms with Gasteiger partial charge in [-0.25, -0.2) is 0 Å². The minimum atomic E-state index is -0.231. The van der Waals surface area contributed by atoms with Crippen molar-refractivity contribution in [1.29, 1.82) is 0 Å². The summed E-state index contributed by atoms with van der Waals surface area (Å²) in [6.07, 6.45) is 0.301. The molecule has 21 heavy (non-hydrogen) atoms. The van der Waals surface area contributed by atoms with Gasteiger partial charge in [0.2, 0.25) is 11.8 Å². The Kier molecular flexibility index (Phi) is 4.35. The molecule has 1 unspecified atom stereocenters. The second-order valence-electron chi connectivity index (χ2n) is 6.03. The molecule has 0 aliphatic carbocycles. The van der Waals surface area contributed by atoms with Crippen LogP contribution in [0.25, 0.3) is 0 Å². The molecule has 0 radical (unpaired) electrons. The van der Waals surface area contributed by atoms with Gasteiger partial charge in [0.25, 0.3) is 0 Å². The minimum absolute atomic E-state index is 0.0375. The Morgan fingerprint density at radius 1 is 1.05 bits per heavy atom. The molecule has 2 rings (SSSR count). The van der Waals surface area contributed by atoms with Crippen molar-refractivity contribution in [1.82, 2.24) is 10.6 Å². The van der Waals surface area contributed by atoms with E-state index >= 15 is 0 Å². The average molecular weight is 288 g/mol. The number of rotatable bonds is 3. The molecule has 0 saturated carbocycles. The summed E-state index contributed by atoms with van der Waals surface area (Å²) in [5.74, 6) is -0.307. The topological polar surface area (TPSA) is 58.2 Å². The fraction of sp³-hybridized carbons (Fsp3) is 0.529. The summed E-state index contributed by atoms with van der Waals surface area (Å²) in [6, 6.07) is 0. The van der Waals surface area contributed by atoms with Gasteiger partial charge in [0.1, 0.15) is 0 Å². The maximum atomic E-state index is 12.1. The zero-order chi connectivity index (χ0) is 15.7. The van der Waals surface area contributed by atoms with Crippen LogP contribution in [-0.2, 0) is 16.1 Å². The third-order valence-electron chi connectivity index (χ3n) is 4.94. The predicted molar refractivity (Wildman–Crippen MR) is 83.1 cm³/mol. The fourth-order valence-corrected chi connectivity index (χ4v) is 2.95. The van der Waals surface area contributed by atoms with Crippen LogP contribution in [0.2, 0.25) is 0 Å². The average Bonchev–Trinajstić information content (AvgIpc) is 2.89. The molecule has 0 aromatic heterocycles. The second-order valence-corrected chi connectivity index (χ2v) is 6.03. The largest absolute Gasteiger partial charge is 0.355 e. The monoisotopic (exact) mass is 288 g/mol. The first kappa shape index (κ1) is 15.5. The first-order valence-corrected chi connectivity index (χ1v) is 7.43. The van der Waals surface area contributed by atoms with Crippen LogP contribution in [-0.4, -0.2) is 18.4 Å². The quantitative estimate of drug-likeness (QED) is 0.893. The number of carbonyl (C=O) groups is 2. The Bertz CT molecular complexity index is 576. The maximum Gasteiger partial charge on any atom is 0.225 e. The zero-order valence-electron chi connectivity index (χ0n) is 13.5. The van der Waals surface area contributed by atoms with Crippen molar-refractivity contribution >= 4 is 11.8 Å². The van der Waals surface area contributed by atoms with E-state index < -0.39 is 0 Å².